The topological polar surface area (TPSA) is 116 Å². The molecule has 0 aliphatic rings. The fourth-order valence-corrected chi connectivity index (χ4v) is 5.02. The van der Waals surface area contributed by atoms with E-state index < -0.39 is 17.0 Å². The van der Waals surface area contributed by atoms with Crippen molar-refractivity contribution in [1.82, 2.24) is 9.88 Å². The zero-order chi connectivity index (χ0) is 30.9. The van der Waals surface area contributed by atoms with Crippen molar-refractivity contribution >= 4 is 22.6 Å². The number of aromatic nitrogens is 1. The molecule has 2 atom stereocenters. The van der Waals surface area contributed by atoms with E-state index in [-0.39, 0.29) is 24.9 Å². The number of rotatable bonds is 14. The SMILES string of the molecule is CC(Cc1ccc2c(c1)cc(C(=O)OCc1ccccc1)n2Cc1ccc([N+](=O)[O-])cc1)NCC(O)COc1ccccc1. The third-order valence-electron chi connectivity index (χ3n) is 7.30. The van der Waals surface area contributed by atoms with Gasteiger partial charge in [0.2, 0.25) is 0 Å². The van der Waals surface area contributed by atoms with Crippen molar-refractivity contribution in [1.29, 1.82) is 0 Å². The third kappa shape index (κ3) is 8.09. The molecule has 0 saturated carbocycles. The van der Waals surface area contributed by atoms with Crippen molar-refractivity contribution in [2.75, 3.05) is 13.2 Å². The summed E-state index contributed by atoms with van der Waals surface area (Å²) in [5.41, 5.74) is 4.05. The predicted molar refractivity (Wildman–Crippen MR) is 169 cm³/mol. The lowest BCUT2D eigenvalue weighted by atomic mass is 10.0. The lowest BCUT2D eigenvalue weighted by molar-refractivity contribution is -0.384. The maximum Gasteiger partial charge on any atom is 0.355 e. The van der Waals surface area contributed by atoms with E-state index in [0.29, 0.717) is 25.2 Å². The van der Waals surface area contributed by atoms with Crippen LogP contribution in [0.25, 0.3) is 10.9 Å². The second-order valence-corrected chi connectivity index (χ2v) is 10.8. The molecule has 0 radical (unpaired) electrons. The first kappa shape index (κ1) is 30.5. The average Bonchev–Trinajstić information content (AvgIpc) is 3.40. The van der Waals surface area contributed by atoms with E-state index in [4.69, 9.17) is 9.47 Å². The number of benzene rings is 4. The first-order chi connectivity index (χ1) is 21.4. The summed E-state index contributed by atoms with van der Waals surface area (Å²) in [6.45, 7) is 3.13. The number of hydrogen-bond acceptors (Lipinski definition) is 7. The summed E-state index contributed by atoms with van der Waals surface area (Å²) in [6.07, 6.45) is 0.0572. The Hall–Kier alpha value is -4.99. The Morgan fingerprint density at radius 2 is 1.59 bits per heavy atom. The summed E-state index contributed by atoms with van der Waals surface area (Å²) in [5.74, 6) is 0.270. The molecule has 4 aromatic carbocycles. The Kier molecular flexibility index (Phi) is 10.0. The normalized spacial score (nSPS) is 12.5. The molecule has 226 valence electrons. The van der Waals surface area contributed by atoms with E-state index in [1.54, 1.807) is 12.1 Å². The van der Waals surface area contributed by atoms with Crippen LogP contribution >= 0.6 is 0 Å². The molecular formula is C35H35N3O6. The van der Waals surface area contributed by atoms with Gasteiger partial charge in [-0.1, -0.05) is 66.7 Å². The van der Waals surface area contributed by atoms with E-state index in [1.165, 1.54) is 12.1 Å². The number of hydrogen-bond donors (Lipinski definition) is 2. The first-order valence-corrected chi connectivity index (χ1v) is 14.5. The minimum absolute atomic E-state index is 0.0113. The van der Waals surface area contributed by atoms with E-state index in [0.717, 1.165) is 33.3 Å². The fourth-order valence-electron chi connectivity index (χ4n) is 5.02. The fraction of sp³-hybridized carbons (Fsp3) is 0.229. The molecule has 1 heterocycles. The van der Waals surface area contributed by atoms with Gasteiger partial charge in [-0.3, -0.25) is 10.1 Å². The highest BCUT2D eigenvalue weighted by Gasteiger charge is 2.19. The Balaban J connectivity index is 1.29. The van der Waals surface area contributed by atoms with Crippen molar-refractivity contribution in [3.63, 3.8) is 0 Å². The molecule has 0 bridgehead atoms. The second-order valence-electron chi connectivity index (χ2n) is 10.8. The van der Waals surface area contributed by atoms with Crippen LogP contribution in [0.3, 0.4) is 0 Å². The largest absolute Gasteiger partial charge is 0.491 e. The second kappa shape index (κ2) is 14.5. The molecule has 0 saturated heterocycles. The van der Waals surface area contributed by atoms with Gasteiger partial charge in [0.15, 0.2) is 0 Å². The Labute approximate surface area is 255 Å². The Morgan fingerprint density at radius 1 is 0.909 bits per heavy atom. The molecule has 9 heteroatoms. The van der Waals surface area contributed by atoms with Crippen molar-refractivity contribution in [2.45, 2.75) is 38.6 Å². The Bertz CT molecular complexity index is 1690. The maximum atomic E-state index is 13.3. The van der Waals surface area contributed by atoms with E-state index in [2.05, 4.69) is 18.3 Å². The molecule has 1 aromatic heterocycles. The van der Waals surface area contributed by atoms with Crippen LogP contribution in [0.5, 0.6) is 5.75 Å². The number of carbonyl (C=O) groups excluding carboxylic acids is 1. The molecule has 0 aliphatic heterocycles. The summed E-state index contributed by atoms with van der Waals surface area (Å²) < 4.78 is 13.2. The number of nitrogens with zero attached hydrogens (tertiary/aromatic N) is 2. The maximum absolute atomic E-state index is 13.3. The molecule has 0 fully saturated rings. The smallest absolute Gasteiger partial charge is 0.355 e. The zero-order valence-electron chi connectivity index (χ0n) is 24.5. The summed E-state index contributed by atoms with van der Waals surface area (Å²) in [5, 5.41) is 25.7. The number of esters is 1. The summed E-state index contributed by atoms with van der Waals surface area (Å²) in [6, 6.07) is 33.2. The third-order valence-corrected chi connectivity index (χ3v) is 7.30. The van der Waals surface area contributed by atoms with Crippen molar-refractivity contribution in [3.8, 4) is 5.75 Å². The van der Waals surface area contributed by atoms with Crippen LogP contribution in [0.1, 0.15) is 34.1 Å². The molecule has 0 aliphatic carbocycles. The van der Waals surface area contributed by atoms with Crippen molar-refractivity contribution in [2.24, 2.45) is 0 Å². The van der Waals surface area contributed by atoms with Crippen LogP contribution < -0.4 is 10.1 Å². The summed E-state index contributed by atoms with van der Waals surface area (Å²) >= 11 is 0. The lowest BCUT2D eigenvalue weighted by Crippen LogP contribution is -2.37. The molecule has 5 aromatic rings. The van der Waals surface area contributed by atoms with E-state index in [9.17, 15) is 20.0 Å². The van der Waals surface area contributed by atoms with Crippen LogP contribution in [-0.2, 0) is 24.3 Å². The molecule has 2 unspecified atom stereocenters. The number of nitro benzene ring substituents is 1. The average molecular weight is 594 g/mol. The molecule has 44 heavy (non-hydrogen) atoms. The highest BCUT2D eigenvalue weighted by atomic mass is 16.6. The van der Waals surface area contributed by atoms with Crippen LogP contribution in [-0.4, -0.2) is 45.9 Å². The van der Waals surface area contributed by atoms with Gasteiger partial charge in [0.05, 0.1) is 4.92 Å². The molecule has 0 amide bonds. The van der Waals surface area contributed by atoms with Gasteiger partial charge in [-0.15, -0.1) is 0 Å². The van der Waals surface area contributed by atoms with Crippen LogP contribution in [0.4, 0.5) is 5.69 Å². The van der Waals surface area contributed by atoms with Crippen molar-refractivity contribution in [3.05, 3.63) is 142 Å². The van der Waals surface area contributed by atoms with Gasteiger partial charge >= 0.3 is 5.97 Å². The van der Waals surface area contributed by atoms with Gasteiger partial charge in [-0.05, 0) is 60.4 Å². The Morgan fingerprint density at radius 3 is 2.30 bits per heavy atom. The molecular weight excluding hydrogens is 558 g/mol. The van der Waals surface area contributed by atoms with Crippen LogP contribution in [0.15, 0.2) is 109 Å². The standard InChI is InChI=1S/C35H35N3O6/c1-25(36-21-31(39)24-43-32-10-6-3-7-11-32)18-28-14-17-33-29(19-28)20-34(35(40)44-23-27-8-4-2-5-9-27)37(33)22-26-12-15-30(16-13-26)38(41)42/h2-17,19-20,25,31,36,39H,18,21-24H2,1H3. The molecule has 9 nitrogen and oxygen atoms in total. The number of nitrogens with one attached hydrogen (secondary N) is 1. The number of fused-ring (bicyclic) bond motifs is 1. The number of para-hydroxylation sites is 1. The minimum atomic E-state index is -0.655. The van der Waals surface area contributed by atoms with Crippen molar-refractivity contribution < 1.29 is 24.3 Å². The summed E-state index contributed by atoms with van der Waals surface area (Å²) in [4.78, 5) is 24.0. The number of ether oxygens (including phenoxy) is 2. The quantitative estimate of drug-likeness (QED) is 0.0934. The van der Waals surface area contributed by atoms with Crippen LogP contribution in [0.2, 0.25) is 0 Å². The highest BCUT2D eigenvalue weighted by Crippen LogP contribution is 2.25. The van der Waals surface area contributed by atoms with E-state index in [1.807, 2.05) is 83.4 Å². The molecule has 2 N–H and O–H groups in total. The molecule has 0 spiro atoms. The van der Waals surface area contributed by atoms with Gasteiger partial charge in [-0.2, -0.15) is 0 Å². The number of aliphatic hydroxyl groups is 1. The number of aliphatic hydroxyl groups excluding tert-OH is 1. The number of carbonyl (C=O) groups is 1. The zero-order valence-corrected chi connectivity index (χ0v) is 24.5. The first-order valence-electron chi connectivity index (χ1n) is 14.5. The van der Waals surface area contributed by atoms with Gasteiger partial charge in [-0.25, -0.2) is 4.79 Å². The monoisotopic (exact) mass is 593 g/mol. The number of nitro groups is 1. The minimum Gasteiger partial charge on any atom is -0.491 e. The van der Waals surface area contributed by atoms with Gasteiger partial charge in [0.1, 0.15) is 30.8 Å². The van der Waals surface area contributed by atoms with Crippen LogP contribution in [0, 0.1) is 10.1 Å². The predicted octanol–water partition coefficient (Wildman–Crippen LogP) is 5.92. The summed E-state index contributed by atoms with van der Waals surface area (Å²) in [7, 11) is 0. The van der Waals surface area contributed by atoms with Gasteiger partial charge in [0.25, 0.3) is 5.69 Å². The lowest BCUT2D eigenvalue weighted by Gasteiger charge is -2.18. The molecule has 5 rings (SSSR count). The highest BCUT2D eigenvalue weighted by molar-refractivity contribution is 5.96. The van der Waals surface area contributed by atoms with E-state index >= 15 is 0 Å². The number of non-ortho nitro benzene ring substituents is 1. The van der Waals surface area contributed by atoms with Gasteiger partial charge < -0.3 is 24.5 Å². The van der Waals surface area contributed by atoms with Gasteiger partial charge in [0, 0.05) is 42.2 Å².